The molecule has 1 aliphatic heterocycles. The van der Waals surface area contributed by atoms with Crippen molar-refractivity contribution in [2.75, 3.05) is 13.1 Å². The molecule has 0 atom stereocenters. The second kappa shape index (κ2) is 6.92. The van der Waals surface area contributed by atoms with E-state index in [4.69, 9.17) is 9.05 Å². The molecule has 0 saturated carbocycles. The Bertz CT molecular complexity index is 1060. The minimum Gasteiger partial charge on any atom is -0.361 e. The number of nitrogens with zero attached hydrogens (tertiary/aromatic N) is 4. The van der Waals surface area contributed by atoms with Crippen LogP contribution in [0.1, 0.15) is 18.6 Å². The average molecular weight is 361 g/mol. The van der Waals surface area contributed by atoms with Crippen molar-refractivity contribution < 1.29 is 9.05 Å². The lowest BCUT2D eigenvalue weighted by atomic mass is 9.93. The van der Waals surface area contributed by atoms with Gasteiger partial charge in [-0.2, -0.15) is 4.98 Å². The molecule has 4 heterocycles. The SMILES string of the molecule is c1ccc2c(-c3noc(-c4cc(CC5CCNCC5)on4)n3)nccc2c1. The summed E-state index contributed by atoms with van der Waals surface area (Å²) in [5.41, 5.74) is 1.26. The lowest BCUT2D eigenvalue weighted by Crippen LogP contribution is -2.28. The van der Waals surface area contributed by atoms with E-state index in [1.165, 1.54) is 0 Å². The van der Waals surface area contributed by atoms with Crippen LogP contribution in [-0.2, 0) is 6.42 Å². The molecule has 1 saturated heterocycles. The van der Waals surface area contributed by atoms with Crippen molar-refractivity contribution in [1.29, 1.82) is 0 Å². The molecule has 0 aliphatic carbocycles. The van der Waals surface area contributed by atoms with Gasteiger partial charge in [0, 0.05) is 24.1 Å². The molecule has 0 bridgehead atoms. The number of hydrogen-bond acceptors (Lipinski definition) is 7. The molecule has 0 amide bonds. The summed E-state index contributed by atoms with van der Waals surface area (Å²) < 4.78 is 10.9. The van der Waals surface area contributed by atoms with Gasteiger partial charge in [-0.25, -0.2) is 0 Å². The molecule has 1 aliphatic rings. The molecule has 4 aromatic rings. The third-order valence-electron chi connectivity index (χ3n) is 5.04. The largest absolute Gasteiger partial charge is 0.361 e. The van der Waals surface area contributed by atoms with E-state index in [1.807, 2.05) is 36.4 Å². The first kappa shape index (κ1) is 16.1. The molecule has 1 fully saturated rings. The molecule has 0 radical (unpaired) electrons. The number of rotatable bonds is 4. The molecule has 0 spiro atoms. The Labute approximate surface area is 155 Å². The van der Waals surface area contributed by atoms with Crippen molar-refractivity contribution in [3.8, 4) is 23.1 Å². The predicted octanol–water partition coefficient (Wildman–Crippen LogP) is 3.48. The number of hydrogen-bond donors (Lipinski definition) is 1. The smallest absolute Gasteiger partial charge is 0.280 e. The molecular formula is C20H19N5O2. The fourth-order valence-corrected chi connectivity index (χ4v) is 3.60. The molecule has 1 N–H and O–H groups in total. The summed E-state index contributed by atoms with van der Waals surface area (Å²) in [6.45, 7) is 2.13. The van der Waals surface area contributed by atoms with Crippen molar-refractivity contribution in [3.63, 3.8) is 0 Å². The lowest BCUT2D eigenvalue weighted by molar-refractivity contribution is 0.318. The van der Waals surface area contributed by atoms with E-state index in [9.17, 15) is 0 Å². The molecule has 0 unspecified atom stereocenters. The van der Waals surface area contributed by atoms with Gasteiger partial charge in [0.25, 0.3) is 5.89 Å². The van der Waals surface area contributed by atoms with Gasteiger partial charge in [0.15, 0.2) is 5.69 Å². The summed E-state index contributed by atoms with van der Waals surface area (Å²) in [7, 11) is 0. The van der Waals surface area contributed by atoms with Gasteiger partial charge in [-0.15, -0.1) is 0 Å². The summed E-state index contributed by atoms with van der Waals surface area (Å²) in [5, 5.41) is 13.7. The maximum Gasteiger partial charge on any atom is 0.280 e. The Morgan fingerprint density at radius 2 is 1.93 bits per heavy atom. The number of nitrogens with one attached hydrogen (secondary N) is 1. The van der Waals surface area contributed by atoms with Crippen molar-refractivity contribution >= 4 is 10.8 Å². The highest BCUT2D eigenvalue weighted by Crippen LogP contribution is 2.27. The van der Waals surface area contributed by atoms with E-state index >= 15 is 0 Å². The topological polar surface area (TPSA) is 89.9 Å². The van der Waals surface area contributed by atoms with E-state index in [-0.39, 0.29) is 0 Å². The zero-order valence-electron chi connectivity index (χ0n) is 14.8. The van der Waals surface area contributed by atoms with Crippen LogP contribution >= 0.6 is 0 Å². The molecule has 1 aromatic carbocycles. The Morgan fingerprint density at radius 1 is 1.04 bits per heavy atom. The number of pyridine rings is 1. The van der Waals surface area contributed by atoms with E-state index < -0.39 is 0 Å². The second-order valence-electron chi connectivity index (χ2n) is 6.88. The maximum atomic E-state index is 5.49. The van der Waals surface area contributed by atoms with Gasteiger partial charge in [-0.1, -0.05) is 34.6 Å². The average Bonchev–Trinajstić information content (AvgIpc) is 3.38. The van der Waals surface area contributed by atoms with E-state index in [0.29, 0.717) is 29.0 Å². The fraction of sp³-hybridized carbons (Fsp3) is 0.300. The number of aromatic nitrogens is 4. The van der Waals surface area contributed by atoms with Crippen molar-refractivity contribution in [2.45, 2.75) is 19.3 Å². The summed E-state index contributed by atoms with van der Waals surface area (Å²) in [6.07, 6.45) is 4.96. The van der Waals surface area contributed by atoms with Crippen LogP contribution in [0, 0.1) is 5.92 Å². The van der Waals surface area contributed by atoms with Crippen LogP contribution in [0.5, 0.6) is 0 Å². The Kier molecular flexibility index (Phi) is 4.14. The highest BCUT2D eigenvalue weighted by Gasteiger charge is 2.20. The van der Waals surface area contributed by atoms with Gasteiger partial charge >= 0.3 is 0 Å². The number of benzene rings is 1. The van der Waals surface area contributed by atoms with Crippen LogP contribution in [0.15, 0.2) is 51.6 Å². The van der Waals surface area contributed by atoms with Crippen molar-refractivity contribution in [3.05, 3.63) is 48.4 Å². The van der Waals surface area contributed by atoms with Gasteiger partial charge in [0.1, 0.15) is 11.5 Å². The van der Waals surface area contributed by atoms with E-state index in [0.717, 1.165) is 48.9 Å². The monoisotopic (exact) mass is 361 g/mol. The normalized spacial score (nSPS) is 15.4. The number of piperidine rings is 1. The summed E-state index contributed by atoms with van der Waals surface area (Å²) >= 11 is 0. The van der Waals surface area contributed by atoms with Crippen molar-refractivity contribution in [2.24, 2.45) is 5.92 Å². The zero-order chi connectivity index (χ0) is 18.1. The van der Waals surface area contributed by atoms with Gasteiger partial charge in [0.2, 0.25) is 5.82 Å². The highest BCUT2D eigenvalue weighted by atomic mass is 16.5. The van der Waals surface area contributed by atoms with Gasteiger partial charge in [-0.3, -0.25) is 4.98 Å². The van der Waals surface area contributed by atoms with Gasteiger partial charge in [0.05, 0.1) is 0 Å². The zero-order valence-corrected chi connectivity index (χ0v) is 14.8. The first-order chi connectivity index (χ1) is 13.4. The van der Waals surface area contributed by atoms with Crippen LogP contribution in [0.2, 0.25) is 0 Å². The third-order valence-corrected chi connectivity index (χ3v) is 5.04. The van der Waals surface area contributed by atoms with Crippen LogP contribution in [-0.4, -0.2) is 33.4 Å². The standard InChI is InChI=1S/C20H19N5O2/c1-2-4-16-14(3-1)7-10-22-18(16)19-23-20(27-25-19)17-12-15(26-24-17)11-13-5-8-21-9-6-13/h1-4,7,10,12-13,21H,5-6,8-9,11H2. The third kappa shape index (κ3) is 3.21. The first-order valence-electron chi connectivity index (χ1n) is 9.21. The minimum atomic E-state index is 0.347. The van der Waals surface area contributed by atoms with Crippen LogP contribution in [0.4, 0.5) is 0 Å². The Balaban J connectivity index is 1.41. The molecule has 136 valence electrons. The molecular weight excluding hydrogens is 342 g/mol. The van der Waals surface area contributed by atoms with Gasteiger partial charge in [-0.05, 0) is 43.3 Å². The molecule has 7 heteroatoms. The molecule has 7 nitrogen and oxygen atoms in total. The second-order valence-corrected chi connectivity index (χ2v) is 6.88. The Morgan fingerprint density at radius 3 is 2.85 bits per heavy atom. The first-order valence-corrected chi connectivity index (χ1v) is 9.21. The minimum absolute atomic E-state index is 0.347. The highest BCUT2D eigenvalue weighted by molar-refractivity contribution is 5.92. The molecule has 3 aromatic heterocycles. The fourth-order valence-electron chi connectivity index (χ4n) is 3.60. The summed E-state index contributed by atoms with van der Waals surface area (Å²) in [4.78, 5) is 8.92. The summed E-state index contributed by atoms with van der Waals surface area (Å²) in [5.74, 6) is 2.29. The van der Waals surface area contributed by atoms with E-state index in [1.54, 1.807) is 6.20 Å². The van der Waals surface area contributed by atoms with E-state index in [2.05, 4.69) is 25.6 Å². The number of fused-ring (bicyclic) bond motifs is 1. The molecule has 27 heavy (non-hydrogen) atoms. The predicted molar refractivity (Wildman–Crippen MR) is 99.8 cm³/mol. The lowest BCUT2D eigenvalue weighted by Gasteiger charge is -2.21. The van der Waals surface area contributed by atoms with Gasteiger partial charge < -0.3 is 14.4 Å². The maximum absolute atomic E-state index is 5.49. The van der Waals surface area contributed by atoms with Crippen molar-refractivity contribution in [1.82, 2.24) is 25.6 Å². The van der Waals surface area contributed by atoms with Crippen LogP contribution in [0.3, 0.4) is 0 Å². The van der Waals surface area contributed by atoms with Crippen LogP contribution < -0.4 is 5.32 Å². The summed E-state index contributed by atoms with van der Waals surface area (Å²) in [6, 6.07) is 11.9. The molecule has 5 rings (SSSR count). The quantitative estimate of drug-likeness (QED) is 0.595. The van der Waals surface area contributed by atoms with Crippen LogP contribution in [0.25, 0.3) is 33.9 Å². The Hall–Kier alpha value is -3.06.